The van der Waals surface area contributed by atoms with Crippen molar-refractivity contribution >= 4 is 51.6 Å². The van der Waals surface area contributed by atoms with Crippen LogP contribution in [-0.2, 0) is 20.7 Å². The first-order valence-corrected chi connectivity index (χ1v) is 15.0. The second kappa shape index (κ2) is 11.6. The Bertz CT molecular complexity index is 1460. The van der Waals surface area contributed by atoms with Gasteiger partial charge in [0.15, 0.2) is 5.88 Å². The lowest BCUT2D eigenvalue weighted by atomic mass is 9.90. The molecule has 9 nitrogen and oxygen atoms in total. The minimum Gasteiger partial charge on any atom is -0.494 e. The van der Waals surface area contributed by atoms with Crippen molar-refractivity contribution < 1.29 is 24.2 Å². The van der Waals surface area contributed by atoms with Gasteiger partial charge in [-0.25, -0.2) is 4.79 Å². The van der Waals surface area contributed by atoms with Gasteiger partial charge in [0.2, 0.25) is 5.91 Å². The fourth-order valence-electron chi connectivity index (χ4n) is 5.90. The van der Waals surface area contributed by atoms with Gasteiger partial charge in [-0.05, 0) is 66.7 Å². The van der Waals surface area contributed by atoms with Crippen molar-refractivity contribution in [2.24, 2.45) is 10.9 Å². The first kappa shape index (κ1) is 26.9. The summed E-state index contributed by atoms with van der Waals surface area (Å²) in [6, 6.07) is 11.3. The number of hydrogen-bond donors (Lipinski definition) is 2. The summed E-state index contributed by atoms with van der Waals surface area (Å²) in [4.78, 5) is 37.4. The molecular weight excluding hydrogens is 528 g/mol. The lowest BCUT2D eigenvalue weighted by Gasteiger charge is -2.28. The number of esters is 1. The highest BCUT2D eigenvalue weighted by atomic mass is 32.2. The molecule has 2 aromatic carbocycles. The van der Waals surface area contributed by atoms with Crippen LogP contribution >= 0.6 is 11.8 Å². The number of aromatic amines is 1. The second-order valence-corrected chi connectivity index (χ2v) is 11.7. The zero-order valence-corrected chi connectivity index (χ0v) is 23.5. The maximum atomic E-state index is 13.1. The number of aromatic hydroxyl groups is 1. The van der Waals surface area contributed by atoms with Crippen LogP contribution in [0.1, 0.15) is 34.3 Å². The normalized spacial score (nSPS) is 18.7. The van der Waals surface area contributed by atoms with Gasteiger partial charge in [0.25, 0.3) is 0 Å². The molecule has 3 aliphatic heterocycles. The van der Waals surface area contributed by atoms with Crippen LogP contribution in [0.5, 0.6) is 5.88 Å². The maximum Gasteiger partial charge on any atom is 0.337 e. The molecule has 4 heterocycles. The summed E-state index contributed by atoms with van der Waals surface area (Å²) < 4.78 is 10.3. The minimum absolute atomic E-state index is 0.0510. The summed E-state index contributed by atoms with van der Waals surface area (Å²) in [6.45, 7) is 3.99. The molecule has 0 unspecified atom stereocenters. The molecule has 0 spiro atoms. The summed E-state index contributed by atoms with van der Waals surface area (Å²) in [6.07, 6.45) is 2.74. The Morgan fingerprint density at radius 2 is 1.93 bits per heavy atom. The average molecular weight is 563 g/mol. The smallest absolute Gasteiger partial charge is 0.337 e. The summed E-state index contributed by atoms with van der Waals surface area (Å²) >= 11 is 1.94. The molecular formula is C30H34N4O5S. The van der Waals surface area contributed by atoms with Crippen LogP contribution in [0.15, 0.2) is 41.4 Å². The molecule has 3 aliphatic rings. The topological polar surface area (TPSA) is 107 Å². The number of aliphatic imine (C=N–C) groups is 1. The second-order valence-electron chi connectivity index (χ2n) is 10.5. The third-order valence-electron chi connectivity index (χ3n) is 8.04. The Morgan fingerprint density at radius 3 is 2.70 bits per heavy atom. The summed E-state index contributed by atoms with van der Waals surface area (Å²) in [5.74, 6) is 2.04. The number of anilines is 1. The van der Waals surface area contributed by atoms with Gasteiger partial charge in [-0.15, -0.1) is 0 Å². The van der Waals surface area contributed by atoms with Gasteiger partial charge in [-0.2, -0.15) is 11.8 Å². The number of thioether (sulfide) groups is 1. The highest BCUT2D eigenvalue weighted by Crippen LogP contribution is 2.37. The third kappa shape index (κ3) is 5.35. The first-order chi connectivity index (χ1) is 19.5. The lowest BCUT2D eigenvalue weighted by molar-refractivity contribution is -0.120. The highest BCUT2D eigenvalue weighted by Gasteiger charge is 2.29. The zero-order valence-electron chi connectivity index (χ0n) is 22.6. The van der Waals surface area contributed by atoms with Gasteiger partial charge in [0.05, 0.1) is 49.4 Å². The number of aromatic nitrogens is 1. The number of fused-ring (bicyclic) bond motifs is 2. The Kier molecular flexibility index (Phi) is 7.82. The van der Waals surface area contributed by atoms with Crippen molar-refractivity contribution in [3.63, 3.8) is 0 Å². The number of amides is 1. The predicted octanol–water partition coefficient (Wildman–Crippen LogP) is 4.15. The molecule has 2 fully saturated rings. The SMILES string of the molecule is COC(=O)c1ccc2c(C(=Nc3ccc4c(c3)CCN4C(=O)CN3CCOCC3)C3CCSCC3)c(O)[nH]c2c1. The van der Waals surface area contributed by atoms with E-state index >= 15 is 0 Å². The number of hydrogen-bond acceptors (Lipinski definition) is 8. The molecule has 2 saturated heterocycles. The molecule has 0 aliphatic carbocycles. The van der Waals surface area contributed by atoms with Gasteiger partial charge in [0, 0.05) is 42.1 Å². The average Bonchev–Trinajstić information content (AvgIpc) is 3.56. The van der Waals surface area contributed by atoms with Gasteiger partial charge in [0.1, 0.15) is 0 Å². The standard InChI is InChI=1S/C30H34N4O5S/c1-38-30(37)21-2-4-23-24(17-21)32-29(36)27(23)28(19-7-14-40-15-8-19)31-22-3-5-25-20(16-22)6-9-34(25)26(35)18-33-10-12-39-13-11-33/h2-5,16-17,19,32,36H,6-15,18H2,1H3. The fraction of sp³-hybridized carbons (Fsp3) is 0.433. The number of nitrogens with zero attached hydrogens (tertiary/aromatic N) is 3. The van der Waals surface area contributed by atoms with E-state index in [1.165, 1.54) is 7.11 Å². The van der Waals surface area contributed by atoms with E-state index in [-0.39, 0.29) is 17.7 Å². The van der Waals surface area contributed by atoms with Crippen LogP contribution in [-0.4, -0.2) is 90.6 Å². The number of H-pyrrole nitrogens is 1. The molecule has 1 aromatic heterocycles. The molecule has 0 bridgehead atoms. The van der Waals surface area contributed by atoms with E-state index in [1.807, 2.05) is 34.9 Å². The largest absolute Gasteiger partial charge is 0.494 e. The number of carbonyl (C=O) groups excluding carboxylic acids is 2. The molecule has 10 heteroatoms. The first-order valence-electron chi connectivity index (χ1n) is 13.8. The van der Waals surface area contributed by atoms with E-state index < -0.39 is 5.97 Å². The molecule has 0 radical (unpaired) electrons. The van der Waals surface area contributed by atoms with Crippen LogP contribution in [0, 0.1) is 5.92 Å². The zero-order chi connectivity index (χ0) is 27.6. The molecule has 1 amide bonds. The Morgan fingerprint density at radius 1 is 1.12 bits per heavy atom. The van der Waals surface area contributed by atoms with Gasteiger partial charge < -0.3 is 24.5 Å². The number of benzene rings is 2. The molecule has 6 rings (SSSR count). The molecule has 210 valence electrons. The van der Waals surface area contributed by atoms with Crippen molar-refractivity contribution in [1.82, 2.24) is 9.88 Å². The van der Waals surface area contributed by atoms with Crippen LogP contribution in [0.2, 0.25) is 0 Å². The number of carbonyl (C=O) groups is 2. The van der Waals surface area contributed by atoms with Crippen molar-refractivity contribution in [1.29, 1.82) is 0 Å². The van der Waals surface area contributed by atoms with Crippen LogP contribution < -0.4 is 4.90 Å². The summed E-state index contributed by atoms with van der Waals surface area (Å²) in [5.41, 5.74) is 5.51. The molecule has 3 aromatic rings. The van der Waals surface area contributed by atoms with Crippen molar-refractivity contribution in [2.75, 3.05) is 62.9 Å². The van der Waals surface area contributed by atoms with E-state index in [2.05, 4.69) is 16.0 Å². The van der Waals surface area contributed by atoms with E-state index in [0.29, 0.717) is 42.9 Å². The monoisotopic (exact) mass is 562 g/mol. The van der Waals surface area contributed by atoms with E-state index in [4.69, 9.17) is 14.5 Å². The Labute approximate surface area is 237 Å². The molecule has 2 N–H and O–H groups in total. The van der Waals surface area contributed by atoms with Crippen LogP contribution in [0.3, 0.4) is 0 Å². The van der Waals surface area contributed by atoms with Gasteiger partial charge in [-0.1, -0.05) is 6.07 Å². The molecule has 0 atom stereocenters. The third-order valence-corrected chi connectivity index (χ3v) is 9.08. The van der Waals surface area contributed by atoms with E-state index in [9.17, 15) is 14.7 Å². The number of nitrogens with one attached hydrogen (secondary N) is 1. The van der Waals surface area contributed by atoms with Crippen LogP contribution in [0.4, 0.5) is 11.4 Å². The number of ether oxygens (including phenoxy) is 2. The van der Waals surface area contributed by atoms with Gasteiger partial charge in [-0.3, -0.25) is 14.7 Å². The fourth-order valence-corrected chi connectivity index (χ4v) is 7.01. The van der Waals surface area contributed by atoms with E-state index in [1.54, 1.807) is 12.1 Å². The number of methoxy groups -OCH3 is 1. The van der Waals surface area contributed by atoms with Crippen molar-refractivity contribution in [3.05, 3.63) is 53.1 Å². The Hall–Kier alpha value is -3.34. The van der Waals surface area contributed by atoms with Crippen molar-refractivity contribution in [2.45, 2.75) is 19.3 Å². The lowest BCUT2D eigenvalue weighted by Crippen LogP contribution is -2.44. The predicted molar refractivity (Wildman–Crippen MR) is 157 cm³/mol. The highest BCUT2D eigenvalue weighted by molar-refractivity contribution is 7.99. The summed E-state index contributed by atoms with van der Waals surface area (Å²) in [7, 11) is 1.35. The summed E-state index contributed by atoms with van der Waals surface area (Å²) in [5, 5.41) is 11.9. The number of morpholine rings is 1. The Balaban J connectivity index is 1.33. The number of rotatable bonds is 6. The molecule has 0 saturated carbocycles. The van der Waals surface area contributed by atoms with Crippen LogP contribution in [0.25, 0.3) is 10.9 Å². The van der Waals surface area contributed by atoms with Crippen molar-refractivity contribution in [3.8, 4) is 5.88 Å². The van der Waals surface area contributed by atoms with E-state index in [0.717, 1.165) is 71.9 Å². The maximum absolute atomic E-state index is 13.1. The van der Waals surface area contributed by atoms with Gasteiger partial charge >= 0.3 is 5.97 Å². The molecule has 40 heavy (non-hydrogen) atoms. The quantitative estimate of drug-likeness (QED) is 0.343. The minimum atomic E-state index is -0.425.